The molecule has 200 valence electrons. The summed E-state index contributed by atoms with van der Waals surface area (Å²) in [5.41, 5.74) is 10.7. The fourth-order valence-corrected chi connectivity index (χ4v) is 6.41. The number of H-pyrrole nitrogens is 1. The van der Waals surface area contributed by atoms with E-state index in [0.717, 1.165) is 105 Å². The first-order valence-electron chi connectivity index (χ1n) is 13.2. The van der Waals surface area contributed by atoms with Crippen molar-refractivity contribution in [1.82, 2.24) is 19.8 Å². The Labute approximate surface area is 226 Å². The number of amides is 1. The zero-order valence-corrected chi connectivity index (χ0v) is 22.6. The molecule has 2 saturated heterocycles. The number of aromatic nitrogens is 2. The molecule has 0 aliphatic carbocycles. The predicted molar refractivity (Wildman–Crippen MR) is 152 cm³/mol. The summed E-state index contributed by atoms with van der Waals surface area (Å²) in [6, 6.07) is 12.5. The molecule has 9 nitrogen and oxygen atoms in total. The van der Waals surface area contributed by atoms with Crippen molar-refractivity contribution < 1.29 is 14.3 Å². The number of carbonyl (C=O) groups excluding carboxylic acids is 1. The third kappa shape index (κ3) is 5.14. The molecule has 0 unspecified atom stereocenters. The van der Waals surface area contributed by atoms with Crippen molar-refractivity contribution >= 4 is 44.9 Å². The minimum Gasteiger partial charge on any atom is -0.383 e. The number of rotatable bonds is 8. The molecule has 0 atom stereocenters. The average Bonchev–Trinajstić information content (AvgIpc) is 3.56. The molecule has 2 fully saturated rings. The standard InChI is InChI=1S/C28H34N6O3S/c1-36-13-10-32-6-8-33(9-7-32)18-20-3-5-25(38-20)24-17-22(28(29)35)27-26(31-24)21-4-2-19(16-23(21)30-27)34-11-14-37-15-12-34/h2-5,16-17,30H,6-15,18H2,1H3,(H2,29,35). The largest absolute Gasteiger partial charge is 0.383 e. The summed E-state index contributed by atoms with van der Waals surface area (Å²) in [5.74, 6) is -0.457. The zero-order chi connectivity index (χ0) is 26.1. The molecule has 0 radical (unpaired) electrons. The van der Waals surface area contributed by atoms with Crippen molar-refractivity contribution in [3.8, 4) is 10.6 Å². The van der Waals surface area contributed by atoms with Crippen LogP contribution in [0.1, 0.15) is 15.2 Å². The van der Waals surface area contributed by atoms with Gasteiger partial charge in [-0.05, 0) is 36.4 Å². The molecule has 0 saturated carbocycles. The number of benzene rings is 1. The number of aromatic amines is 1. The van der Waals surface area contributed by atoms with Gasteiger partial charge in [-0.3, -0.25) is 14.6 Å². The van der Waals surface area contributed by atoms with Gasteiger partial charge in [0.15, 0.2) is 0 Å². The molecule has 4 aromatic rings. The van der Waals surface area contributed by atoms with E-state index in [1.54, 1.807) is 18.4 Å². The maximum atomic E-state index is 12.5. The van der Waals surface area contributed by atoms with E-state index < -0.39 is 5.91 Å². The SMILES string of the molecule is COCCN1CCN(Cc2ccc(-c3cc(C(N)=O)c4[nH]c5cc(N6CCOCC6)ccc5c4n3)s2)CC1. The van der Waals surface area contributed by atoms with E-state index in [-0.39, 0.29) is 0 Å². The highest BCUT2D eigenvalue weighted by Gasteiger charge is 2.20. The second-order valence-corrected chi connectivity index (χ2v) is 11.1. The fraction of sp³-hybridized carbons (Fsp3) is 0.429. The van der Waals surface area contributed by atoms with Gasteiger partial charge in [-0.25, -0.2) is 4.98 Å². The number of primary amides is 1. The molecule has 0 bridgehead atoms. The first kappa shape index (κ1) is 25.3. The lowest BCUT2D eigenvalue weighted by molar-refractivity contribution is 0.0943. The molecule has 2 aliphatic heterocycles. The monoisotopic (exact) mass is 534 g/mol. The second kappa shape index (κ2) is 11.0. The first-order valence-corrected chi connectivity index (χ1v) is 14.0. The Morgan fingerprint density at radius 3 is 2.63 bits per heavy atom. The Bertz CT molecular complexity index is 1440. The summed E-state index contributed by atoms with van der Waals surface area (Å²) in [5, 5.41) is 0.990. The molecular weight excluding hydrogens is 500 g/mol. The molecule has 10 heteroatoms. The number of nitrogens with zero attached hydrogens (tertiary/aromatic N) is 4. The number of hydrogen-bond donors (Lipinski definition) is 2. The summed E-state index contributed by atoms with van der Waals surface area (Å²) in [6.45, 7) is 10.1. The highest BCUT2D eigenvalue weighted by Crippen LogP contribution is 2.34. The molecule has 1 amide bonds. The third-order valence-electron chi connectivity index (χ3n) is 7.55. The second-order valence-electron chi connectivity index (χ2n) is 9.97. The first-order chi connectivity index (χ1) is 18.6. The number of methoxy groups -OCH3 is 1. The van der Waals surface area contributed by atoms with E-state index in [4.69, 9.17) is 20.2 Å². The lowest BCUT2D eigenvalue weighted by Crippen LogP contribution is -2.46. The minimum absolute atomic E-state index is 0.457. The van der Waals surface area contributed by atoms with E-state index in [2.05, 4.69) is 50.0 Å². The Hall–Kier alpha value is -3.02. The highest BCUT2D eigenvalue weighted by molar-refractivity contribution is 7.15. The number of carbonyl (C=O) groups is 1. The van der Waals surface area contributed by atoms with Gasteiger partial charge < -0.3 is 25.1 Å². The Balaban J connectivity index is 1.26. The molecule has 3 N–H and O–H groups in total. The average molecular weight is 535 g/mol. The number of morpholine rings is 1. The third-order valence-corrected chi connectivity index (χ3v) is 8.64. The lowest BCUT2D eigenvalue weighted by atomic mass is 10.1. The molecule has 3 aromatic heterocycles. The maximum absolute atomic E-state index is 12.5. The summed E-state index contributed by atoms with van der Waals surface area (Å²) >= 11 is 1.73. The van der Waals surface area contributed by atoms with Crippen LogP contribution in [0.15, 0.2) is 36.4 Å². The van der Waals surface area contributed by atoms with E-state index in [9.17, 15) is 4.79 Å². The fourth-order valence-electron chi connectivity index (χ4n) is 5.39. The van der Waals surface area contributed by atoms with Crippen molar-refractivity contribution in [1.29, 1.82) is 0 Å². The van der Waals surface area contributed by atoms with Crippen molar-refractivity contribution in [3.63, 3.8) is 0 Å². The van der Waals surface area contributed by atoms with Crippen molar-refractivity contribution in [2.75, 3.05) is 77.6 Å². The van der Waals surface area contributed by atoms with Gasteiger partial charge in [0.05, 0.1) is 52.5 Å². The lowest BCUT2D eigenvalue weighted by Gasteiger charge is -2.34. The highest BCUT2D eigenvalue weighted by atomic mass is 32.1. The van der Waals surface area contributed by atoms with Gasteiger partial charge in [0.1, 0.15) is 0 Å². The molecule has 2 aliphatic rings. The van der Waals surface area contributed by atoms with Crippen LogP contribution in [-0.4, -0.2) is 98.4 Å². The number of thiophene rings is 1. The topological polar surface area (TPSA) is 100.0 Å². The van der Waals surface area contributed by atoms with Crippen molar-refractivity contribution in [3.05, 3.63) is 46.8 Å². The van der Waals surface area contributed by atoms with Crippen LogP contribution < -0.4 is 10.6 Å². The Kier molecular flexibility index (Phi) is 7.31. The Morgan fingerprint density at radius 1 is 1.08 bits per heavy atom. The van der Waals surface area contributed by atoms with Gasteiger partial charge in [-0.2, -0.15) is 0 Å². The van der Waals surface area contributed by atoms with E-state index >= 15 is 0 Å². The zero-order valence-electron chi connectivity index (χ0n) is 21.7. The van der Waals surface area contributed by atoms with E-state index in [1.807, 2.05) is 6.07 Å². The number of piperazine rings is 1. The number of hydrogen-bond acceptors (Lipinski definition) is 8. The van der Waals surface area contributed by atoms with Crippen LogP contribution >= 0.6 is 11.3 Å². The van der Waals surface area contributed by atoms with E-state index in [1.165, 1.54) is 4.88 Å². The van der Waals surface area contributed by atoms with Crippen LogP contribution in [0.4, 0.5) is 5.69 Å². The van der Waals surface area contributed by atoms with Crippen LogP contribution in [-0.2, 0) is 16.0 Å². The van der Waals surface area contributed by atoms with E-state index in [0.29, 0.717) is 11.1 Å². The number of anilines is 1. The van der Waals surface area contributed by atoms with Crippen LogP contribution in [0.5, 0.6) is 0 Å². The van der Waals surface area contributed by atoms with Crippen molar-refractivity contribution in [2.24, 2.45) is 5.73 Å². The van der Waals surface area contributed by atoms with Gasteiger partial charge in [-0.1, -0.05) is 0 Å². The number of nitrogens with one attached hydrogen (secondary N) is 1. The summed E-state index contributed by atoms with van der Waals surface area (Å²) in [7, 11) is 1.75. The molecule has 1 aromatic carbocycles. The number of nitrogens with two attached hydrogens (primary N) is 1. The van der Waals surface area contributed by atoms with Crippen molar-refractivity contribution in [2.45, 2.75) is 6.54 Å². The van der Waals surface area contributed by atoms with Crippen LogP contribution in [0.2, 0.25) is 0 Å². The summed E-state index contributed by atoms with van der Waals surface area (Å²) < 4.78 is 10.7. The molecule has 5 heterocycles. The minimum atomic E-state index is -0.457. The maximum Gasteiger partial charge on any atom is 0.250 e. The van der Waals surface area contributed by atoms with Gasteiger partial charge in [0.25, 0.3) is 5.91 Å². The van der Waals surface area contributed by atoms with Crippen LogP contribution in [0.3, 0.4) is 0 Å². The number of ether oxygens (including phenoxy) is 2. The number of pyridine rings is 1. The molecular formula is C28H34N6O3S. The van der Waals surface area contributed by atoms with Gasteiger partial charge in [-0.15, -0.1) is 11.3 Å². The van der Waals surface area contributed by atoms with Gasteiger partial charge in [0.2, 0.25) is 0 Å². The number of fused-ring (bicyclic) bond motifs is 3. The molecule has 38 heavy (non-hydrogen) atoms. The molecule has 0 spiro atoms. The van der Waals surface area contributed by atoms with Gasteiger partial charge >= 0.3 is 0 Å². The summed E-state index contributed by atoms with van der Waals surface area (Å²) in [4.78, 5) is 30.5. The molecule has 6 rings (SSSR count). The quantitative estimate of drug-likeness (QED) is 0.358. The smallest absolute Gasteiger partial charge is 0.250 e. The Morgan fingerprint density at radius 2 is 1.87 bits per heavy atom. The van der Waals surface area contributed by atoms with Gasteiger partial charge in [0, 0.05) is 75.4 Å². The predicted octanol–water partition coefficient (Wildman–Crippen LogP) is 3.14. The summed E-state index contributed by atoms with van der Waals surface area (Å²) in [6.07, 6.45) is 0. The van der Waals surface area contributed by atoms with Crippen LogP contribution in [0, 0.1) is 0 Å². The normalized spacial score (nSPS) is 17.6. The van der Waals surface area contributed by atoms with Crippen LogP contribution in [0.25, 0.3) is 32.5 Å².